The third-order valence-electron chi connectivity index (χ3n) is 10.6. The van der Waals surface area contributed by atoms with Crippen molar-refractivity contribution in [2.45, 2.75) is 0 Å². The Hall–Kier alpha value is -6.64. The van der Waals surface area contributed by atoms with Crippen LogP contribution in [-0.2, 0) is 0 Å². The highest BCUT2D eigenvalue weighted by molar-refractivity contribution is 6.28. The molecule has 2 heteroatoms. The number of furan rings is 1. The fraction of sp³-hybridized carbons (Fsp3) is 0. The molecule has 0 spiro atoms. The van der Waals surface area contributed by atoms with Crippen LogP contribution in [0.15, 0.2) is 180 Å². The van der Waals surface area contributed by atoms with Gasteiger partial charge in [-0.25, -0.2) is 0 Å². The Kier molecular flexibility index (Phi) is 5.70. The van der Waals surface area contributed by atoms with Crippen molar-refractivity contribution in [3.63, 3.8) is 0 Å². The molecule has 0 saturated carbocycles. The van der Waals surface area contributed by atoms with Gasteiger partial charge >= 0.3 is 0 Å². The van der Waals surface area contributed by atoms with E-state index in [2.05, 4.69) is 180 Å². The summed E-state index contributed by atoms with van der Waals surface area (Å²) in [6.45, 7) is 0. The fourth-order valence-electron chi connectivity index (χ4n) is 8.50. The van der Waals surface area contributed by atoms with Crippen LogP contribution in [0.3, 0.4) is 0 Å². The minimum Gasteiger partial charge on any atom is -0.453 e. The first kappa shape index (κ1) is 27.3. The number of hydrogen-bond donors (Lipinski definition) is 0. The number of fused-ring (bicyclic) bond motifs is 10. The second-order valence-electron chi connectivity index (χ2n) is 13.2. The van der Waals surface area contributed by atoms with E-state index >= 15 is 0 Å². The molecule has 11 rings (SSSR count). The van der Waals surface area contributed by atoms with Crippen LogP contribution in [0.5, 0.6) is 0 Å². The summed E-state index contributed by atoms with van der Waals surface area (Å²) in [4.78, 5) is 0. The molecule has 50 heavy (non-hydrogen) atoms. The largest absolute Gasteiger partial charge is 0.453 e. The minimum absolute atomic E-state index is 0.909. The molecule has 0 aliphatic heterocycles. The van der Waals surface area contributed by atoms with E-state index in [9.17, 15) is 0 Å². The third-order valence-corrected chi connectivity index (χ3v) is 10.6. The number of nitrogens with zero attached hydrogens (tertiary/aromatic N) is 1. The maximum atomic E-state index is 7.05. The molecule has 2 heterocycles. The lowest BCUT2D eigenvalue weighted by Gasteiger charge is -2.19. The first-order chi connectivity index (χ1) is 24.8. The van der Waals surface area contributed by atoms with Crippen LogP contribution in [0.1, 0.15) is 0 Å². The van der Waals surface area contributed by atoms with Crippen molar-refractivity contribution in [1.82, 2.24) is 4.57 Å². The second-order valence-corrected chi connectivity index (χ2v) is 13.2. The van der Waals surface area contributed by atoms with Gasteiger partial charge in [-0.05, 0) is 90.6 Å². The van der Waals surface area contributed by atoms with Gasteiger partial charge in [0.05, 0.1) is 5.52 Å². The average molecular weight is 636 g/mol. The summed E-state index contributed by atoms with van der Waals surface area (Å²) in [5.74, 6) is 0. The van der Waals surface area contributed by atoms with Crippen molar-refractivity contribution in [2.75, 3.05) is 0 Å². The lowest BCUT2D eigenvalue weighted by Crippen LogP contribution is -1.93. The lowest BCUT2D eigenvalue weighted by molar-refractivity contribution is 0.674. The van der Waals surface area contributed by atoms with Crippen molar-refractivity contribution < 1.29 is 4.42 Å². The smallest absolute Gasteiger partial charge is 0.161 e. The van der Waals surface area contributed by atoms with Crippen molar-refractivity contribution in [3.8, 4) is 27.9 Å². The van der Waals surface area contributed by atoms with E-state index in [1.807, 2.05) is 0 Å². The molecule has 0 fully saturated rings. The highest BCUT2D eigenvalue weighted by atomic mass is 16.3. The number of benzene rings is 9. The van der Waals surface area contributed by atoms with Crippen LogP contribution in [-0.4, -0.2) is 4.57 Å². The quantitative estimate of drug-likeness (QED) is 0.140. The van der Waals surface area contributed by atoms with E-state index in [1.54, 1.807) is 0 Å². The van der Waals surface area contributed by atoms with Crippen LogP contribution < -0.4 is 0 Å². The molecular weight excluding hydrogens is 607 g/mol. The SMILES string of the molecule is c1ccc(-n2c3ccccc3c3oc4c(-c5c6ccccc6c(-c6cc7ccccc7c7ccccc67)c6ccccc56)cccc4c32)cc1. The molecule has 11 aromatic rings. The summed E-state index contributed by atoms with van der Waals surface area (Å²) in [6.07, 6.45) is 0. The maximum absolute atomic E-state index is 7.05. The van der Waals surface area contributed by atoms with Gasteiger partial charge in [-0.15, -0.1) is 0 Å². The van der Waals surface area contributed by atoms with Gasteiger partial charge in [0, 0.05) is 27.6 Å². The average Bonchev–Trinajstić information content (AvgIpc) is 3.72. The van der Waals surface area contributed by atoms with Gasteiger partial charge in [0.15, 0.2) is 5.58 Å². The summed E-state index contributed by atoms with van der Waals surface area (Å²) in [6, 6.07) is 63.6. The van der Waals surface area contributed by atoms with Gasteiger partial charge in [0.25, 0.3) is 0 Å². The highest BCUT2D eigenvalue weighted by Crippen LogP contribution is 2.49. The Morgan fingerprint density at radius 2 is 0.860 bits per heavy atom. The Morgan fingerprint density at radius 3 is 1.56 bits per heavy atom. The molecule has 2 aromatic heterocycles. The first-order valence-corrected chi connectivity index (χ1v) is 17.2. The van der Waals surface area contributed by atoms with Gasteiger partial charge in [-0.1, -0.05) is 140 Å². The number of hydrogen-bond acceptors (Lipinski definition) is 1. The molecule has 0 bridgehead atoms. The van der Waals surface area contributed by atoms with E-state index in [1.165, 1.54) is 59.8 Å². The zero-order chi connectivity index (χ0) is 32.8. The van der Waals surface area contributed by atoms with Gasteiger partial charge in [0.2, 0.25) is 0 Å². The van der Waals surface area contributed by atoms with E-state index in [0.717, 1.165) is 44.2 Å². The molecule has 0 radical (unpaired) electrons. The molecule has 232 valence electrons. The topological polar surface area (TPSA) is 18.1 Å². The van der Waals surface area contributed by atoms with Crippen LogP contribution in [0.4, 0.5) is 0 Å². The van der Waals surface area contributed by atoms with Crippen molar-refractivity contribution in [1.29, 1.82) is 0 Å². The summed E-state index contributed by atoms with van der Waals surface area (Å²) < 4.78 is 9.40. The van der Waals surface area contributed by atoms with Crippen LogP contribution in [0.25, 0.3) is 104 Å². The third kappa shape index (κ3) is 3.73. The predicted octanol–water partition coefficient (Wildman–Crippen LogP) is 13.5. The molecule has 0 saturated heterocycles. The lowest BCUT2D eigenvalue weighted by atomic mass is 9.83. The van der Waals surface area contributed by atoms with Crippen molar-refractivity contribution in [2.24, 2.45) is 0 Å². The van der Waals surface area contributed by atoms with E-state index in [0.29, 0.717) is 0 Å². The summed E-state index contributed by atoms with van der Waals surface area (Å²) in [5.41, 5.74) is 10.0. The van der Waals surface area contributed by atoms with E-state index in [4.69, 9.17) is 4.42 Å². The maximum Gasteiger partial charge on any atom is 0.161 e. The zero-order valence-electron chi connectivity index (χ0n) is 27.1. The predicted molar refractivity (Wildman–Crippen MR) is 211 cm³/mol. The van der Waals surface area contributed by atoms with Gasteiger partial charge < -0.3 is 8.98 Å². The molecule has 0 atom stereocenters. The first-order valence-electron chi connectivity index (χ1n) is 17.2. The number of rotatable bonds is 3. The van der Waals surface area contributed by atoms with Crippen LogP contribution >= 0.6 is 0 Å². The summed E-state index contributed by atoms with van der Waals surface area (Å²) >= 11 is 0. The van der Waals surface area contributed by atoms with Crippen molar-refractivity contribution >= 4 is 76.1 Å². The molecule has 0 unspecified atom stereocenters. The van der Waals surface area contributed by atoms with Crippen LogP contribution in [0.2, 0.25) is 0 Å². The molecule has 0 aliphatic rings. The Labute approximate surface area is 288 Å². The van der Waals surface area contributed by atoms with Gasteiger partial charge in [-0.3, -0.25) is 0 Å². The molecule has 0 aliphatic carbocycles. The molecule has 9 aromatic carbocycles. The second kappa shape index (κ2) is 10.4. The normalized spacial score (nSPS) is 12.0. The molecule has 0 N–H and O–H groups in total. The monoisotopic (exact) mass is 635 g/mol. The summed E-state index contributed by atoms with van der Waals surface area (Å²) in [7, 11) is 0. The van der Waals surface area contributed by atoms with E-state index < -0.39 is 0 Å². The van der Waals surface area contributed by atoms with Crippen LogP contribution in [0, 0.1) is 0 Å². The number of aromatic nitrogens is 1. The Bertz CT molecular complexity index is 3090. The summed E-state index contributed by atoms with van der Waals surface area (Å²) in [5, 5.41) is 12.2. The highest BCUT2D eigenvalue weighted by Gasteiger charge is 2.24. The van der Waals surface area contributed by atoms with Gasteiger partial charge in [-0.2, -0.15) is 0 Å². The molecule has 2 nitrogen and oxygen atoms in total. The number of para-hydroxylation sites is 3. The molecular formula is C48H29NO. The van der Waals surface area contributed by atoms with Crippen molar-refractivity contribution in [3.05, 3.63) is 176 Å². The Balaban J connectivity index is 1.28. The van der Waals surface area contributed by atoms with Gasteiger partial charge in [0.1, 0.15) is 11.1 Å². The fourth-order valence-corrected chi connectivity index (χ4v) is 8.50. The van der Waals surface area contributed by atoms with E-state index in [-0.39, 0.29) is 0 Å². The zero-order valence-corrected chi connectivity index (χ0v) is 27.1. The molecule has 0 amide bonds. The Morgan fingerprint density at radius 1 is 0.340 bits per heavy atom. The standard InChI is InChI=1S/C48H29NO/c1-2-16-31(17-3-1)49-43-28-13-12-25-39(43)48-46(49)41-27-14-26-40(47(41)50-48)44-35-21-8-10-23-37(35)45(38-24-11-9-22-36(38)44)42-29-30-15-4-5-18-32(30)33-19-6-7-20-34(33)42/h1-29H. The minimum atomic E-state index is 0.909.